The molecular formula is C15H24O6. The number of ether oxygens (including phenoxy) is 2. The molecule has 0 rings (SSSR count). The Morgan fingerprint density at radius 2 is 1.67 bits per heavy atom. The van der Waals surface area contributed by atoms with E-state index in [1.165, 1.54) is 6.92 Å². The van der Waals surface area contributed by atoms with E-state index in [0.29, 0.717) is 12.2 Å². The molecule has 0 amide bonds. The quantitative estimate of drug-likeness (QED) is 0.351. The summed E-state index contributed by atoms with van der Waals surface area (Å²) >= 11 is 0. The average Bonchev–Trinajstić information content (AvgIpc) is 2.40. The predicted octanol–water partition coefficient (Wildman–Crippen LogP) is 2.86. The van der Waals surface area contributed by atoms with Crippen LogP contribution in [-0.4, -0.2) is 29.6 Å². The topological polar surface area (TPSA) is 89.9 Å². The number of hydrogen-bond acceptors (Lipinski definition) is 5. The third-order valence-electron chi connectivity index (χ3n) is 1.50. The number of esters is 2. The highest BCUT2D eigenvalue weighted by atomic mass is 16.5. The Labute approximate surface area is 125 Å². The number of carbonyl (C=O) groups excluding carboxylic acids is 2. The first kappa shape index (κ1) is 23.7. The summed E-state index contributed by atoms with van der Waals surface area (Å²) in [6.07, 6.45) is 3.91. The Morgan fingerprint density at radius 3 is 1.86 bits per heavy atom. The zero-order valence-electron chi connectivity index (χ0n) is 12.9. The minimum absolute atomic E-state index is 0.284. The van der Waals surface area contributed by atoms with E-state index < -0.39 is 5.97 Å². The summed E-state index contributed by atoms with van der Waals surface area (Å²) < 4.78 is 8.97. The van der Waals surface area contributed by atoms with Crippen LogP contribution in [0.25, 0.3) is 0 Å². The molecule has 21 heavy (non-hydrogen) atoms. The summed E-state index contributed by atoms with van der Waals surface area (Å²) in [5, 5.41) is 7.60. The number of aliphatic carboxylic acids is 1. The maximum absolute atomic E-state index is 10.7. The van der Waals surface area contributed by atoms with Gasteiger partial charge >= 0.3 is 17.9 Å². The van der Waals surface area contributed by atoms with Crippen molar-refractivity contribution in [3.63, 3.8) is 0 Å². The van der Waals surface area contributed by atoms with Gasteiger partial charge < -0.3 is 14.6 Å². The van der Waals surface area contributed by atoms with Crippen LogP contribution in [0.1, 0.15) is 33.6 Å². The van der Waals surface area contributed by atoms with Crippen LogP contribution >= 0.6 is 0 Å². The van der Waals surface area contributed by atoms with Crippen LogP contribution in [0, 0.1) is 0 Å². The van der Waals surface area contributed by atoms with Crippen LogP contribution in [0.15, 0.2) is 37.6 Å². The highest BCUT2D eigenvalue weighted by Gasteiger charge is 2.00. The molecule has 0 radical (unpaired) electrons. The van der Waals surface area contributed by atoms with Crippen molar-refractivity contribution < 1.29 is 29.0 Å². The van der Waals surface area contributed by atoms with Crippen molar-refractivity contribution >= 4 is 17.9 Å². The first-order valence-electron chi connectivity index (χ1n) is 6.18. The molecule has 120 valence electrons. The summed E-state index contributed by atoms with van der Waals surface area (Å²) in [5.74, 6) is -1.59. The number of carbonyl (C=O) groups is 3. The maximum atomic E-state index is 10.7. The SMILES string of the molecule is C=C(C)C(=O)OCCCC.C=CC(=O)O.C=COC(C)=O. The van der Waals surface area contributed by atoms with E-state index in [4.69, 9.17) is 9.84 Å². The summed E-state index contributed by atoms with van der Waals surface area (Å²) in [5.41, 5.74) is 0.469. The van der Waals surface area contributed by atoms with Crippen LogP contribution < -0.4 is 0 Å². The van der Waals surface area contributed by atoms with Gasteiger partial charge in [0.1, 0.15) is 0 Å². The van der Waals surface area contributed by atoms with Crippen molar-refractivity contribution in [1.82, 2.24) is 0 Å². The average molecular weight is 300 g/mol. The van der Waals surface area contributed by atoms with E-state index in [1.54, 1.807) is 6.92 Å². The van der Waals surface area contributed by atoms with E-state index in [9.17, 15) is 14.4 Å². The van der Waals surface area contributed by atoms with Gasteiger partial charge in [-0.3, -0.25) is 4.79 Å². The molecule has 0 atom stereocenters. The second-order valence-corrected chi connectivity index (χ2v) is 3.59. The Hall–Kier alpha value is -2.37. The maximum Gasteiger partial charge on any atom is 0.333 e. The molecule has 0 aliphatic carbocycles. The van der Waals surface area contributed by atoms with Crippen molar-refractivity contribution in [3.8, 4) is 0 Å². The molecule has 0 saturated heterocycles. The van der Waals surface area contributed by atoms with E-state index in [2.05, 4.69) is 31.4 Å². The first-order valence-corrected chi connectivity index (χ1v) is 6.18. The molecule has 0 unspecified atom stereocenters. The lowest BCUT2D eigenvalue weighted by atomic mass is 10.3. The van der Waals surface area contributed by atoms with Crippen molar-refractivity contribution in [3.05, 3.63) is 37.6 Å². The molecule has 0 saturated carbocycles. The summed E-state index contributed by atoms with van der Waals surface area (Å²) in [4.78, 5) is 29.7. The molecule has 0 aliphatic heterocycles. The first-order chi connectivity index (χ1) is 9.72. The van der Waals surface area contributed by atoms with Crippen molar-refractivity contribution in [2.75, 3.05) is 6.61 Å². The van der Waals surface area contributed by atoms with Crippen LogP contribution in [0.4, 0.5) is 0 Å². The molecule has 1 N–H and O–H groups in total. The second-order valence-electron chi connectivity index (χ2n) is 3.59. The fourth-order valence-electron chi connectivity index (χ4n) is 0.550. The molecule has 0 aromatic carbocycles. The van der Waals surface area contributed by atoms with E-state index >= 15 is 0 Å². The highest BCUT2D eigenvalue weighted by molar-refractivity contribution is 5.86. The van der Waals surface area contributed by atoms with Gasteiger partial charge in [-0.2, -0.15) is 0 Å². The molecular weight excluding hydrogens is 276 g/mol. The van der Waals surface area contributed by atoms with Gasteiger partial charge in [-0.05, 0) is 13.3 Å². The van der Waals surface area contributed by atoms with E-state index in [1.807, 2.05) is 0 Å². The minimum Gasteiger partial charge on any atom is -0.478 e. The lowest BCUT2D eigenvalue weighted by Crippen LogP contribution is -2.05. The van der Waals surface area contributed by atoms with Crippen LogP contribution in [0.2, 0.25) is 0 Å². The Balaban J connectivity index is -0.000000252. The summed E-state index contributed by atoms with van der Waals surface area (Å²) in [6.45, 7) is 15.1. The predicted molar refractivity (Wildman–Crippen MR) is 80.5 cm³/mol. The minimum atomic E-state index is -0.981. The number of unbranched alkanes of at least 4 members (excludes halogenated alkanes) is 1. The standard InChI is InChI=1S/C8H14O2.C4H6O2.C3H4O2/c1-4-5-6-10-8(9)7(2)3;1-3-6-4(2)5;1-2-3(4)5/h2,4-6H2,1,3H3;3H,1H2,2H3;2H,1H2,(H,4,5). The molecule has 0 aliphatic rings. The van der Waals surface area contributed by atoms with E-state index in [-0.39, 0.29) is 11.9 Å². The molecule has 0 fully saturated rings. The zero-order chi connectivity index (χ0) is 17.3. The zero-order valence-corrected chi connectivity index (χ0v) is 12.9. The normalized spacial score (nSPS) is 7.76. The largest absolute Gasteiger partial charge is 0.478 e. The summed E-state index contributed by atoms with van der Waals surface area (Å²) in [7, 11) is 0. The fraction of sp³-hybridized carbons (Fsp3) is 0.400. The number of hydrogen-bond donors (Lipinski definition) is 1. The second kappa shape index (κ2) is 17.6. The van der Waals surface area contributed by atoms with Crippen LogP contribution in [0.3, 0.4) is 0 Å². The van der Waals surface area contributed by atoms with Gasteiger partial charge in [0.25, 0.3) is 0 Å². The van der Waals surface area contributed by atoms with Crippen LogP contribution in [0.5, 0.6) is 0 Å². The third kappa shape index (κ3) is 31.8. The number of rotatable bonds is 6. The van der Waals surface area contributed by atoms with Gasteiger partial charge in [0.2, 0.25) is 0 Å². The Kier molecular flexibility index (Phi) is 19.9. The fourth-order valence-corrected chi connectivity index (χ4v) is 0.550. The van der Waals surface area contributed by atoms with Gasteiger partial charge in [-0.25, -0.2) is 9.59 Å². The van der Waals surface area contributed by atoms with Crippen LogP contribution in [-0.2, 0) is 23.9 Å². The van der Waals surface area contributed by atoms with Gasteiger partial charge in [-0.15, -0.1) is 0 Å². The molecule has 0 spiro atoms. The molecule has 0 heterocycles. The third-order valence-corrected chi connectivity index (χ3v) is 1.50. The smallest absolute Gasteiger partial charge is 0.333 e. The van der Waals surface area contributed by atoms with Gasteiger partial charge in [0.15, 0.2) is 0 Å². The molecule has 0 aromatic heterocycles. The molecule has 0 bridgehead atoms. The van der Waals surface area contributed by atoms with Crippen molar-refractivity contribution in [1.29, 1.82) is 0 Å². The lowest BCUT2D eigenvalue weighted by molar-refractivity contribution is -0.139. The highest BCUT2D eigenvalue weighted by Crippen LogP contribution is 1.94. The van der Waals surface area contributed by atoms with Gasteiger partial charge in [0.05, 0.1) is 12.9 Å². The van der Waals surface area contributed by atoms with Gasteiger partial charge in [0, 0.05) is 18.6 Å². The molecule has 6 nitrogen and oxygen atoms in total. The molecule has 0 aromatic rings. The Bertz CT molecular complexity index is 357. The molecule has 6 heteroatoms. The lowest BCUT2D eigenvalue weighted by Gasteiger charge is -2.01. The van der Waals surface area contributed by atoms with E-state index in [0.717, 1.165) is 25.2 Å². The van der Waals surface area contributed by atoms with Crippen molar-refractivity contribution in [2.45, 2.75) is 33.6 Å². The summed E-state index contributed by atoms with van der Waals surface area (Å²) in [6, 6.07) is 0. The van der Waals surface area contributed by atoms with Gasteiger partial charge in [-0.1, -0.05) is 33.1 Å². The number of carboxylic acids is 1. The van der Waals surface area contributed by atoms with Crippen molar-refractivity contribution in [2.24, 2.45) is 0 Å². The monoisotopic (exact) mass is 300 g/mol. The number of carboxylic acid groups (broad SMARTS) is 1. The Morgan fingerprint density at radius 1 is 1.19 bits per heavy atom.